The molecule has 3 rings (SSSR count). The summed E-state index contributed by atoms with van der Waals surface area (Å²) in [5.74, 6) is 7.01. The van der Waals surface area contributed by atoms with Crippen molar-refractivity contribution < 1.29 is 18.8 Å². The molecule has 1 heterocycles. The summed E-state index contributed by atoms with van der Waals surface area (Å²) in [6.45, 7) is 3.56. The first-order valence-corrected chi connectivity index (χ1v) is 12.8. The Morgan fingerprint density at radius 2 is 1.86 bits per heavy atom. The Morgan fingerprint density at radius 1 is 1.16 bits per heavy atom. The van der Waals surface area contributed by atoms with E-state index in [9.17, 15) is 14.1 Å². The summed E-state index contributed by atoms with van der Waals surface area (Å²) in [5.41, 5.74) is 3.15. The molecule has 10 nitrogen and oxygen atoms in total. The minimum absolute atomic E-state index is 0.0812. The number of aliphatic hydroxyl groups is 1. The van der Waals surface area contributed by atoms with Gasteiger partial charge in [0.15, 0.2) is 0 Å². The van der Waals surface area contributed by atoms with Gasteiger partial charge in [0.05, 0.1) is 35.6 Å². The molecule has 3 N–H and O–H groups in total. The van der Waals surface area contributed by atoms with E-state index in [0.717, 1.165) is 11.3 Å². The molecule has 1 aromatic heterocycles. The molecule has 0 fully saturated rings. The normalized spacial score (nSPS) is 12.1. The second-order valence-corrected chi connectivity index (χ2v) is 9.38. The maximum atomic E-state index is 12.2. The van der Waals surface area contributed by atoms with Crippen LogP contribution in [0.3, 0.4) is 0 Å². The number of rotatable bonds is 8. The van der Waals surface area contributed by atoms with Crippen molar-refractivity contribution in [2.24, 2.45) is 4.36 Å². The van der Waals surface area contributed by atoms with E-state index in [1.165, 1.54) is 0 Å². The van der Waals surface area contributed by atoms with Crippen molar-refractivity contribution in [2.45, 2.75) is 24.8 Å². The van der Waals surface area contributed by atoms with Gasteiger partial charge in [-0.3, -0.25) is 0 Å². The Hall–Kier alpha value is -4.14. The third-order valence-corrected chi connectivity index (χ3v) is 6.04. The van der Waals surface area contributed by atoms with E-state index in [2.05, 4.69) is 36.8 Å². The van der Waals surface area contributed by atoms with Crippen LogP contribution in [0.25, 0.3) is 0 Å². The molecule has 0 aliphatic carbocycles. The molecule has 0 bridgehead atoms. The summed E-state index contributed by atoms with van der Waals surface area (Å²) in [6, 6.07) is 14.2. The van der Waals surface area contributed by atoms with Crippen LogP contribution in [0.4, 0.5) is 27.9 Å². The van der Waals surface area contributed by atoms with Gasteiger partial charge in [0.2, 0.25) is 5.95 Å². The molecule has 1 amide bonds. The second kappa shape index (κ2) is 13.2. The van der Waals surface area contributed by atoms with Crippen LogP contribution in [-0.4, -0.2) is 58.7 Å². The number of benzene rings is 2. The number of aliphatic hydroxyl groups excluding tert-OH is 1. The molecule has 1 unspecified atom stereocenters. The van der Waals surface area contributed by atoms with E-state index in [1.54, 1.807) is 37.4 Å². The maximum Gasteiger partial charge on any atom is 0.441 e. The topological polar surface area (TPSA) is 129 Å². The van der Waals surface area contributed by atoms with E-state index in [4.69, 9.17) is 4.74 Å². The first kappa shape index (κ1) is 27.4. The number of carbonyl (C=O) groups is 1. The van der Waals surface area contributed by atoms with Gasteiger partial charge in [0, 0.05) is 42.0 Å². The van der Waals surface area contributed by atoms with Crippen LogP contribution in [0.2, 0.25) is 0 Å². The van der Waals surface area contributed by atoms with E-state index < -0.39 is 16.7 Å². The molecule has 0 aliphatic heterocycles. The number of thiol groups is 1. The van der Waals surface area contributed by atoms with E-state index >= 15 is 0 Å². The zero-order valence-corrected chi connectivity index (χ0v) is 22.0. The lowest BCUT2D eigenvalue weighted by Gasteiger charge is -2.14. The van der Waals surface area contributed by atoms with Crippen molar-refractivity contribution in [3.8, 4) is 11.8 Å². The number of hydrogen-bond donors (Lipinski definition) is 4. The second-order valence-electron chi connectivity index (χ2n) is 8.12. The molecular weight excluding hydrogens is 492 g/mol. The van der Waals surface area contributed by atoms with Crippen LogP contribution in [0.1, 0.15) is 25.0 Å². The number of anilines is 4. The Balaban J connectivity index is 1.81. The van der Waals surface area contributed by atoms with E-state index in [-0.39, 0.29) is 19.3 Å². The lowest BCUT2D eigenvalue weighted by atomic mass is 10.2. The zero-order chi connectivity index (χ0) is 26.8. The van der Waals surface area contributed by atoms with Gasteiger partial charge in [-0.1, -0.05) is 11.8 Å². The number of nitrogens with one attached hydrogen (secondary N) is 2. The Kier molecular flexibility index (Phi) is 9.83. The number of amides is 1. The van der Waals surface area contributed by atoms with Crippen LogP contribution in [-0.2, 0) is 15.3 Å². The first-order chi connectivity index (χ1) is 17.8. The summed E-state index contributed by atoms with van der Waals surface area (Å²) < 4.78 is 20.4. The van der Waals surface area contributed by atoms with Crippen LogP contribution in [0.5, 0.6) is 0 Å². The molecule has 0 saturated heterocycles. The van der Waals surface area contributed by atoms with Gasteiger partial charge in [-0.15, -0.1) is 4.36 Å². The minimum Gasteiger partial charge on any atom is -0.448 e. The lowest BCUT2D eigenvalue weighted by Crippen LogP contribution is -2.21. The van der Waals surface area contributed by atoms with Crippen LogP contribution in [0, 0.1) is 11.8 Å². The third-order valence-electron chi connectivity index (χ3n) is 4.96. The molecular formula is C26H30N6O4S. The number of carbonyl (C=O) groups excluding carboxylic acids is 1. The average molecular weight is 523 g/mol. The van der Waals surface area contributed by atoms with Crippen LogP contribution >= 0.6 is 0 Å². The largest absolute Gasteiger partial charge is 0.448 e. The molecule has 194 valence electrons. The first-order valence-electron chi connectivity index (χ1n) is 11.6. The minimum atomic E-state index is -2.26. The Bertz CT molecular complexity index is 1360. The van der Waals surface area contributed by atoms with Gasteiger partial charge in [0.25, 0.3) is 0 Å². The fourth-order valence-corrected chi connectivity index (χ4v) is 3.72. The van der Waals surface area contributed by atoms with Gasteiger partial charge in [-0.05, 0) is 62.4 Å². The third kappa shape index (κ3) is 8.20. The molecule has 3 aromatic rings. The molecule has 0 saturated carbocycles. The van der Waals surface area contributed by atoms with Crippen molar-refractivity contribution in [3.63, 3.8) is 0 Å². The fraction of sp³-hybridized carbons (Fsp3) is 0.269. The van der Waals surface area contributed by atoms with Crippen LogP contribution in [0.15, 0.2) is 64.0 Å². The highest BCUT2D eigenvalue weighted by atomic mass is 32.2. The van der Waals surface area contributed by atoms with Gasteiger partial charge < -0.3 is 25.4 Å². The summed E-state index contributed by atoms with van der Waals surface area (Å²) in [7, 11) is 1.70. The van der Waals surface area contributed by atoms with Crippen molar-refractivity contribution in [2.75, 3.05) is 42.8 Å². The smallest absolute Gasteiger partial charge is 0.441 e. The molecule has 2 aromatic carbocycles. The number of aromatic nitrogens is 2. The fourth-order valence-electron chi connectivity index (χ4n) is 2.99. The van der Waals surface area contributed by atoms with Gasteiger partial charge >= 0.3 is 6.09 Å². The zero-order valence-electron chi connectivity index (χ0n) is 21.1. The number of nitrogens with zero attached hydrogens (tertiary/aromatic N) is 4. The molecule has 37 heavy (non-hydrogen) atoms. The monoisotopic (exact) mass is 522 g/mol. The predicted octanol–water partition coefficient (Wildman–Crippen LogP) is 3.66. The van der Waals surface area contributed by atoms with Crippen molar-refractivity contribution in [1.29, 1.82) is 0 Å². The van der Waals surface area contributed by atoms with Crippen LogP contribution < -0.4 is 15.5 Å². The highest BCUT2D eigenvalue weighted by Gasteiger charge is 2.10. The predicted molar refractivity (Wildman–Crippen MR) is 146 cm³/mol. The Morgan fingerprint density at radius 3 is 2.49 bits per heavy atom. The summed E-state index contributed by atoms with van der Waals surface area (Å²) in [4.78, 5) is 22.7. The highest BCUT2D eigenvalue weighted by Crippen LogP contribution is 2.19. The lowest BCUT2D eigenvalue weighted by molar-refractivity contribution is 0.164. The Labute approximate surface area is 218 Å². The van der Waals surface area contributed by atoms with E-state index in [0.29, 0.717) is 27.9 Å². The number of ether oxygens (including phenoxy) is 1. The SMILES string of the molecule is CCOC(=O)/N=[SH](=O)/c1ccc(Nc2ncc(C#Cc3ccc(N(C)C)cc3)c(N[C@H](C)CO)n2)cc1. The van der Waals surface area contributed by atoms with Gasteiger partial charge in [-0.2, -0.15) is 4.98 Å². The molecule has 0 aliphatic rings. The van der Waals surface area contributed by atoms with E-state index in [1.807, 2.05) is 50.2 Å². The molecule has 11 heteroatoms. The highest BCUT2D eigenvalue weighted by molar-refractivity contribution is 7.75. The summed E-state index contributed by atoms with van der Waals surface area (Å²) in [6.07, 6.45) is 0.747. The summed E-state index contributed by atoms with van der Waals surface area (Å²) in [5, 5.41) is 15.7. The molecule has 0 spiro atoms. The molecule has 0 radical (unpaired) electrons. The summed E-state index contributed by atoms with van der Waals surface area (Å²) >= 11 is 0. The maximum absolute atomic E-state index is 12.2. The van der Waals surface area contributed by atoms with Gasteiger partial charge in [0.1, 0.15) is 5.82 Å². The number of hydrogen-bond acceptors (Lipinski definition) is 9. The van der Waals surface area contributed by atoms with Crippen molar-refractivity contribution in [3.05, 3.63) is 65.9 Å². The molecule has 2 atom stereocenters. The van der Waals surface area contributed by atoms with Gasteiger partial charge in [-0.25, -0.2) is 14.0 Å². The van der Waals surface area contributed by atoms with Crippen molar-refractivity contribution in [1.82, 2.24) is 9.97 Å². The average Bonchev–Trinajstić information content (AvgIpc) is 2.89. The quantitative estimate of drug-likeness (QED) is 0.259. The van der Waals surface area contributed by atoms with Crippen molar-refractivity contribution >= 4 is 39.8 Å². The standard InChI is InChI=1S/C26H30N6O4S/c1-5-36-26(34)31-37(35)23-14-10-21(11-15-23)29-25-27-16-20(24(30-25)28-18(2)17-33)9-6-19-7-12-22(13-8-19)32(3)4/h7-8,10-16,18,33,37H,5,17H2,1-4H3,(H2,27,28,29,30)/t18-/m1/s1.